The lowest BCUT2D eigenvalue weighted by Crippen LogP contribution is -2.56. The van der Waals surface area contributed by atoms with E-state index in [1.54, 1.807) is 0 Å². The van der Waals surface area contributed by atoms with Gasteiger partial charge in [0, 0.05) is 25.2 Å². The molecular formula is C19H28O3. The van der Waals surface area contributed by atoms with E-state index in [9.17, 15) is 14.7 Å². The first-order valence-electron chi connectivity index (χ1n) is 9.06. The number of carbonyl (C=O) groups is 2. The van der Waals surface area contributed by atoms with Crippen LogP contribution in [-0.4, -0.2) is 22.8 Å². The third-order valence-electron chi connectivity index (χ3n) is 8.03. The topological polar surface area (TPSA) is 54.4 Å². The molecule has 4 aliphatic rings. The van der Waals surface area contributed by atoms with Crippen LogP contribution >= 0.6 is 0 Å². The van der Waals surface area contributed by atoms with Gasteiger partial charge in [0.25, 0.3) is 0 Å². The first-order valence-corrected chi connectivity index (χ1v) is 9.06. The normalized spacial score (nSPS) is 54.6. The zero-order valence-corrected chi connectivity index (χ0v) is 13.8. The fourth-order valence-corrected chi connectivity index (χ4v) is 6.75. The molecule has 4 rings (SSSR count). The molecule has 0 spiro atoms. The monoisotopic (exact) mass is 304 g/mol. The van der Waals surface area contributed by atoms with Crippen molar-refractivity contribution in [1.82, 2.24) is 0 Å². The molecular weight excluding hydrogens is 276 g/mol. The van der Waals surface area contributed by atoms with E-state index >= 15 is 0 Å². The molecule has 0 amide bonds. The van der Waals surface area contributed by atoms with Gasteiger partial charge in [0.2, 0.25) is 0 Å². The number of hydrogen-bond donors (Lipinski definition) is 1. The third kappa shape index (κ3) is 1.90. The van der Waals surface area contributed by atoms with Crippen LogP contribution in [0, 0.1) is 34.5 Å². The molecule has 3 heteroatoms. The second-order valence-electron chi connectivity index (χ2n) is 9.14. The molecule has 0 saturated heterocycles. The van der Waals surface area contributed by atoms with Crippen LogP contribution in [0.15, 0.2) is 0 Å². The molecule has 4 aliphatic carbocycles. The first kappa shape index (κ1) is 14.9. The van der Waals surface area contributed by atoms with E-state index in [1.165, 1.54) is 0 Å². The summed E-state index contributed by atoms with van der Waals surface area (Å²) in [4.78, 5) is 24.8. The zero-order chi connectivity index (χ0) is 15.7. The van der Waals surface area contributed by atoms with Crippen molar-refractivity contribution in [1.29, 1.82) is 0 Å². The van der Waals surface area contributed by atoms with Crippen molar-refractivity contribution >= 4 is 11.6 Å². The van der Waals surface area contributed by atoms with Crippen LogP contribution in [0.25, 0.3) is 0 Å². The largest absolute Gasteiger partial charge is 0.393 e. The van der Waals surface area contributed by atoms with Gasteiger partial charge in [-0.25, -0.2) is 0 Å². The lowest BCUT2D eigenvalue weighted by Gasteiger charge is -2.58. The molecule has 4 saturated carbocycles. The van der Waals surface area contributed by atoms with E-state index in [-0.39, 0.29) is 28.8 Å². The van der Waals surface area contributed by atoms with E-state index in [0.29, 0.717) is 42.7 Å². The van der Waals surface area contributed by atoms with Gasteiger partial charge in [-0.2, -0.15) is 0 Å². The van der Waals surface area contributed by atoms with E-state index in [1.807, 2.05) is 0 Å². The van der Waals surface area contributed by atoms with Gasteiger partial charge in [0.15, 0.2) is 0 Å². The summed E-state index contributed by atoms with van der Waals surface area (Å²) >= 11 is 0. The van der Waals surface area contributed by atoms with Gasteiger partial charge >= 0.3 is 0 Å². The van der Waals surface area contributed by atoms with Crippen LogP contribution in [-0.2, 0) is 9.59 Å². The minimum absolute atomic E-state index is 0.144. The molecule has 22 heavy (non-hydrogen) atoms. The maximum Gasteiger partial charge on any atom is 0.136 e. The zero-order valence-electron chi connectivity index (χ0n) is 13.8. The summed E-state index contributed by atoms with van der Waals surface area (Å²) in [5, 5.41) is 10.2. The number of fused-ring (bicyclic) bond motifs is 5. The van der Waals surface area contributed by atoms with Crippen LogP contribution in [0.5, 0.6) is 0 Å². The number of aliphatic hydroxyl groups is 1. The van der Waals surface area contributed by atoms with Crippen molar-refractivity contribution in [2.24, 2.45) is 34.5 Å². The summed E-state index contributed by atoms with van der Waals surface area (Å²) in [5.41, 5.74) is 0.325. The van der Waals surface area contributed by atoms with Crippen LogP contribution < -0.4 is 0 Å². The number of ketones is 2. The van der Waals surface area contributed by atoms with E-state index in [4.69, 9.17) is 0 Å². The molecule has 3 nitrogen and oxygen atoms in total. The lowest BCUT2D eigenvalue weighted by molar-refractivity contribution is -0.156. The molecule has 122 valence electrons. The van der Waals surface area contributed by atoms with Gasteiger partial charge in [0.1, 0.15) is 11.6 Å². The molecule has 0 aliphatic heterocycles. The summed E-state index contributed by atoms with van der Waals surface area (Å²) in [6.45, 7) is 4.64. The van der Waals surface area contributed by atoms with Gasteiger partial charge < -0.3 is 5.11 Å². The quantitative estimate of drug-likeness (QED) is 0.748. The maximum atomic E-state index is 12.9. The molecule has 4 fully saturated rings. The number of aliphatic hydroxyl groups excluding tert-OH is 1. The van der Waals surface area contributed by atoms with Crippen LogP contribution in [0.3, 0.4) is 0 Å². The van der Waals surface area contributed by atoms with Crippen molar-refractivity contribution in [3.05, 3.63) is 0 Å². The number of hydrogen-bond acceptors (Lipinski definition) is 3. The molecule has 1 N–H and O–H groups in total. The molecule has 0 aromatic rings. The number of rotatable bonds is 0. The molecule has 0 radical (unpaired) electrons. The molecule has 7 atom stereocenters. The van der Waals surface area contributed by atoms with E-state index in [0.717, 1.165) is 32.1 Å². The minimum Gasteiger partial charge on any atom is -0.393 e. The molecule has 0 bridgehead atoms. The number of carbonyl (C=O) groups excluding carboxylic acids is 2. The van der Waals surface area contributed by atoms with E-state index in [2.05, 4.69) is 13.8 Å². The molecule has 0 heterocycles. The second-order valence-corrected chi connectivity index (χ2v) is 9.14. The Kier molecular flexibility index (Phi) is 3.15. The lowest BCUT2D eigenvalue weighted by atomic mass is 9.45. The Bertz CT molecular complexity index is 527. The predicted octanol–water partition coefficient (Wildman–Crippen LogP) is 3.14. The molecule has 0 aromatic carbocycles. The first-order chi connectivity index (χ1) is 10.3. The van der Waals surface area contributed by atoms with Gasteiger partial charge in [-0.15, -0.1) is 0 Å². The van der Waals surface area contributed by atoms with Crippen molar-refractivity contribution in [3.63, 3.8) is 0 Å². The summed E-state index contributed by atoms with van der Waals surface area (Å²) in [6.07, 6.45) is 6.60. The fraction of sp³-hybridized carbons (Fsp3) is 0.895. The second kappa shape index (κ2) is 4.66. The van der Waals surface area contributed by atoms with Crippen molar-refractivity contribution < 1.29 is 14.7 Å². The number of Topliss-reactive ketones (excluding diaryl/α,β-unsaturated/α-hetero) is 2. The summed E-state index contributed by atoms with van der Waals surface area (Å²) in [6, 6.07) is 0. The molecule has 0 unspecified atom stereocenters. The van der Waals surface area contributed by atoms with Gasteiger partial charge in [-0.1, -0.05) is 13.8 Å². The Morgan fingerprint density at radius 2 is 1.86 bits per heavy atom. The maximum absolute atomic E-state index is 12.9. The highest BCUT2D eigenvalue weighted by atomic mass is 16.3. The Morgan fingerprint density at radius 3 is 2.64 bits per heavy atom. The van der Waals surface area contributed by atoms with Gasteiger partial charge in [-0.3, -0.25) is 9.59 Å². The van der Waals surface area contributed by atoms with Gasteiger partial charge in [0.05, 0.1) is 6.10 Å². The summed E-state index contributed by atoms with van der Waals surface area (Å²) in [5.74, 6) is 1.97. The van der Waals surface area contributed by atoms with Crippen molar-refractivity contribution in [2.75, 3.05) is 0 Å². The Morgan fingerprint density at radius 1 is 1.09 bits per heavy atom. The average Bonchev–Trinajstić information content (AvgIpc) is 2.75. The van der Waals surface area contributed by atoms with Crippen LogP contribution in [0.4, 0.5) is 0 Å². The highest BCUT2D eigenvalue weighted by Gasteiger charge is 2.61. The smallest absolute Gasteiger partial charge is 0.136 e. The van der Waals surface area contributed by atoms with Crippen LogP contribution in [0.1, 0.15) is 65.2 Å². The third-order valence-corrected chi connectivity index (χ3v) is 8.03. The Labute approximate surface area is 132 Å². The highest BCUT2D eigenvalue weighted by Crippen LogP contribution is 2.65. The average molecular weight is 304 g/mol. The minimum atomic E-state index is -0.222. The van der Waals surface area contributed by atoms with Crippen LogP contribution in [0.2, 0.25) is 0 Å². The van der Waals surface area contributed by atoms with E-state index < -0.39 is 0 Å². The highest BCUT2D eigenvalue weighted by molar-refractivity contribution is 5.86. The summed E-state index contributed by atoms with van der Waals surface area (Å²) < 4.78 is 0. The molecule has 0 aromatic heterocycles. The van der Waals surface area contributed by atoms with Crippen molar-refractivity contribution in [2.45, 2.75) is 71.3 Å². The van der Waals surface area contributed by atoms with Gasteiger partial charge in [-0.05, 0) is 60.7 Å². The van der Waals surface area contributed by atoms with Crippen molar-refractivity contribution in [3.8, 4) is 0 Å². The standard InChI is InChI=1S/C19H28O3/c1-18-5-4-14-17(15(18)9-13(21)10-18)16(22)8-11-7-12(20)3-6-19(11,14)2/h11,13-15,17,21H,3-10H2,1-2H3/t11-,13-,14-,15-,17+,18-,19+/m1/s1. The summed E-state index contributed by atoms with van der Waals surface area (Å²) in [7, 11) is 0. The Balaban J connectivity index is 1.70. The Hall–Kier alpha value is -0.700. The SMILES string of the molecule is C[C@]12CC[C@@H]3[C@H](C(=O)C[C@H]4CC(=O)CC[C@@]43C)[C@H]1C[C@@H](O)C2. The fourth-order valence-electron chi connectivity index (χ4n) is 6.75. The predicted molar refractivity (Wildman–Crippen MR) is 83.1 cm³/mol.